The van der Waals surface area contributed by atoms with Crippen molar-refractivity contribution in [1.29, 1.82) is 0 Å². The third-order valence-electron chi connectivity index (χ3n) is 2.71. The Bertz CT molecular complexity index is 668. The van der Waals surface area contributed by atoms with E-state index in [2.05, 4.69) is 5.10 Å². The van der Waals surface area contributed by atoms with E-state index in [9.17, 15) is 0 Å². The molecule has 0 aliphatic carbocycles. The van der Waals surface area contributed by atoms with Gasteiger partial charge < -0.3 is 5.73 Å². The lowest BCUT2D eigenvalue weighted by Gasteiger charge is -2.08. The van der Waals surface area contributed by atoms with Crippen molar-refractivity contribution in [2.45, 2.75) is 0 Å². The molecule has 4 heteroatoms. The van der Waals surface area contributed by atoms with Crippen LogP contribution < -0.4 is 5.73 Å². The lowest BCUT2D eigenvalue weighted by atomic mass is 10.2. The van der Waals surface area contributed by atoms with E-state index in [-0.39, 0.29) is 0 Å². The van der Waals surface area contributed by atoms with Gasteiger partial charge in [0.15, 0.2) is 0 Å². The summed E-state index contributed by atoms with van der Waals surface area (Å²) in [5, 5.41) is 6.00. The molecule has 17 heavy (non-hydrogen) atoms. The number of anilines is 1. The normalized spacial score (nSPS) is 10.9. The van der Waals surface area contributed by atoms with Gasteiger partial charge in [0.2, 0.25) is 0 Å². The highest BCUT2D eigenvalue weighted by Gasteiger charge is 2.10. The molecule has 3 rings (SSSR count). The Hall–Kier alpha value is -2.00. The molecule has 1 heterocycles. The first-order chi connectivity index (χ1) is 8.27. The fourth-order valence-electron chi connectivity index (χ4n) is 1.91. The van der Waals surface area contributed by atoms with Gasteiger partial charge in [-0.05, 0) is 18.2 Å². The van der Waals surface area contributed by atoms with Gasteiger partial charge in [-0.25, -0.2) is 4.68 Å². The van der Waals surface area contributed by atoms with Gasteiger partial charge in [-0.2, -0.15) is 5.10 Å². The molecule has 3 aromatic rings. The predicted molar refractivity (Wildman–Crippen MR) is 70.5 cm³/mol. The summed E-state index contributed by atoms with van der Waals surface area (Å²) in [5.74, 6) is 0. The van der Waals surface area contributed by atoms with Crippen molar-refractivity contribution in [1.82, 2.24) is 9.78 Å². The van der Waals surface area contributed by atoms with Gasteiger partial charge in [0, 0.05) is 5.39 Å². The number of nitrogen functional groups attached to an aromatic ring is 1. The van der Waals surface area contributed by atoms with E-state index in [1.54, 1.807) is 10.9 Å². The number of fused-ring (bicyclic) bond motifs is 1. The minimum absolute atomic E-state index is 0.596. The highest BCUT2D eigenvalue weighted by Crippen LogP contribution is 2.28. The van der Waals surface area contributed by atoms with E-state index >= 15 is 0 Å². The molecule has 0 saturated carbocycles. The third kappa shape index (κ3) is 1.56. The van der Waals surface area contributed by atoms with E-state index in [4.69, 9.17) is 17.3 Å². The molecule has 84 valence electrons. The van der Waals surface area contributed by atoms with Crippen molar-refractivity contribution >= 4 is 28.2 Å². The van der Waals surface area contributed by atoms with Crippen LogP contribution >= 0.6 is 11.6 Å². The second kappa shape index (κ2) is 3.79. The van der Waals surface area contributed by atoms with Crippen LogP contribution in [0.25, 0.3) is 16.6 Å². The van der Waals surface area contributed by atoms with Crippen molar-refractivity contribution < 1.29 is 0 Å². The Labute approximate surface area is 103 Å². The molecule has 3 nitrogen and oxygen atoms in total. The number of benzene rings is 2. The Balaban J connectivity index is 2.35. The summed E-state index contributed by atoms with van der Waals surface area (Å²) in [5.41, 5.74) is 8.30. The van der Waals surface area contributed by atoms with E-state index in [1.165, 1.54) is 0 Å². The molecule has 0 saturated heterocycles. The lowest BCUT2D eigenvalue weighted by molar-refractivity contribution is 0.913. The van der Waals surface area contributed by atoms with Crippen molar-refractivity contribution in [2.24, 2.45) is 0 Å². The summed E-state index contributed by atoms with van der Waals surface area (Å²) in [6.45, 7) is 0. The van der Waals surface area contributed by atoms with Gasteiger partial charge in [-0.15, -0.1) is 0 Å². The number of aromatic nitrogens is 2. The molecule has 0 amide bonds. The fourth-order valence-corrected chi connectivity index (χ4v) is 2.17. The fraction of sp³-hybridized carbons (Fsp3) is 0. The maximum absolute atomic E-state index is 6.18. The standard InChI is InChI=1S/C13H10ClN3/c14-10-5-3-6-11(15)13(10)17-12-7-2-1-4-9(12)8-16-17/h1-8H,15H2. The zero-order valence-corrected chi connectivity index (χ0v) is 9.72. The van der Waals surface area contributed by atoms with Gasteiger partial charge in [0.25, 0.3) is 0 Å². The number of rotatable bonds is 1. The quantitative estimate of drug-likeness (QED) is 0.667. The number of halogens is 1. The van der Waals surface area contributed by atoms with Crippen LogP contribution in [0.3, 0.4) is 0 Å². The minimum atomic E-state index is 0.596. The maximum atomic E-state index is 6.18. The smallest absolute Gasteiger partial charge is 0.107 e. The number of hydrogen-bond donors (Lipinski definition) is 1. The summed E-state index contributed by atoms with van der Waals surface area (Å²) in [6.07, 6.45) is 1.80. The van der Waals surface area contributed by atoms with Crippen molar-refractivity contribution in [3.05, 3.63) is 53.7 Å². The van der Waals surface area contributed by atoms with Crippen LogP contribution in [0.5, 0.6) is 0 Å². The van der Waals surface area contributed by atoms with E-state index in [1.807, 2.05) is 42.5 Å². The van der Waals surface area contributed by atoms with Crippen LogP contribution in [0.2, 0.25) is 5.02 Å². The number of nitrogens with two attached hydrogens (primary N) is 1. The van der Waals surface area contributed by atoms with Crippen LogP contribution in [0, 0.1) is 0 Å². The molecule has 0 aliphatic rings. The van der Waals surface area contributed by atoms with Gasteiger partial charge in [-0.1, -0.05) is 35.9 Å². The maximum Gasteiger partial charge on any atom is 0.107 e. The van der Waals surface area contributed by atoms with Crippen LogP contribution in [0.1, 0.15) is 0 Å². The molecule has 0 aliphatic heterocycles. The SMILES string of the molecule is Nc1cccc(Cl)c1-n1ncc2ccccc21. The van der Waals surface area contributed by atoms with Gasteiger partial charge in [0.1, 0.15) is 5.69 Å². The Kier molecular flexibility index (Phi) is 2.27. The average molecular weight is 244 g/mol. The molecule has 1 aromatic heterocycles. The number of nitrogens with zero attached hydrogens (tertiary/aromatic N) is 2. The van der Waals surface area contributed by atoms with E-state index in [0.717, 1.165) is 16.6 Å². The van der Waals surface area contributed by atoms with Crippen LogP contribution in [0.15, 0.2) is 48.7 Å². The van der Waals surface area contributed by atoms with Gasteiger partial charge in [-0.3, -0.25) is 0 Å². The summed E-state index contributed by atoms with van der Waals surface area (Å²) in [7, 11) is 0. The summed E-state index contributed by atoms with van der Waals surface area (Å²) >= 11 is 6.18. The molecule has 2 aromatic carbocycles. The molecule has 2 N–H and O–H groups in total. The van der Waals surface area contributed by atoms with Crippen LogP contribution in [-0.2, 0) is 0 Å². The zero-order chi connectivity index (χ0) is 11.8. The lowest BCUT2D eigenvalue weighted by Crippen LogP contribution is -2.01. The molecule has 0 atom stereocenters. The second-order valence-electron chi connectivity index (χ2n) is 3.79. The van der Waals surface area contributed by atoms with Crippen molar-refractivity contribution in [3.63, 3.8) is 0 Å². The summed E-state index contributed by atoms with van der Waals surface area (Å²) < 4.78 is 1.77. The van der Waals surface area contributed by atoms with Gasteiger partial charge >= 0.3 is 0 Å². The molecular formula is C13H10ClN3. The number of hydrogen-bond acceptors (Lipinski definition) is 2. The molecule has 0 unspecified atom stereocenters. The Morgan fingerprint density at radius 3 is 2.71 bits per heavy atom. The Morgan fingerprint density at radius 2 is 1.88 bits per heavy atom. The largest absolute Gasteiger partial charge is 0.397 e. The zero-order valence-electron chi connectivity index (χ0n) is 8.97. The molecule has 0 bridgehead atoms. The summed E-state index contributed by atoms with van der Waals surface area (Å²) in [4.78, 5) is 0. The molecule has 0 spiro atoms. The summed E-state index contributed by atoms with van der Waals surface area (Å²) in [6, 6.07) is 13.4. The third-order valence-corrected chi connectivity index (χ3v) is 3.01. The Morgan fingerprint density at radius 1 is 1.06 bits per heavy atom. The van der Waals surface area contributed by atoms with E-state index in [0.29, 0.717) is 10.7 Å². The minimum Gasteiger partial charge on any atom is -0.397 e. The second-order valence-corrected chi connectivity index (χ2v) is 4.20. The highest BCUT2D eigenvalue weighted by molar-refractivity contribution is 6.33. The monoisotopic (exact) mass is 243 g/mol. The van der Waals surface area contributed by atoms with Crippen molar-refractivity contribution in [2.75, 3.05) is 5.73 Å². The van der Waals surface area contributed by atoms with Crippen LogP contribution in [0.4, 0.5) is 5.69 Å². The van der Waals surface area contributed by atoms with Gasteiger partial charge in [0.05, 0.1) is 22.4 Å². The van der Waals surface area contributed by atoms with Crippen molar-refractivity contribution in [3.8, 4) is 5.69 Å². The molecule has 0 fully saturated rings. The average Bonchev–Trinajstić information content (AvgIpc) is 2.73. The van der Waals surface area contributed by atoms with Crippen LogP contribution in [-0.4, -0.2) is 9.78 Å². The molecule has 0 radical (unpaired) electrons. The molecular weight excluding hydrogens is 234 g/mol. The topological polar surface area (TPSA) is 43.8 Å². The number of para-hydroxylation sites is 2. The van der Waals surface area contributed by atoms with E-state index < -0.39 is 0 Å². The first kappa shape index (κ1) is 10.2. The first-order valence-corrected chi connectivity index (χ1v) is 5.62. The highest BCUT2D eigenvalue weighted by atomic mass is 35.5. The first-order valence-electron chi connectivity index (χ1n) is 5.24. The predicted octanol–water partition coefficient (Wildman–Crippen LogP) is 3.26.